The zero-order valence-corrected chi connectivity index (χ0v) is 28.1. The van der Waals surface area contributed by atoms with Crippen molar-refractivity contribution in [3.8, 4) is 22.3 Å². The van der Waals surface area contributed by atoms with E-state index in [1.807, 2.05) is 19.1 Å². The van der Waals surface area contributed by atoms with Gasteiger partial charge in [-0.15, -0.1) is 0 Å². The second-order valence-electron chi connectivity index (χ2n) is 12.1. The Bertz CT molecular complexity index is 2230. The van der Waals surface area contributed by atoms with Gasteiger partial charge in [-0.1, -0.05) is 158 Å². The van der Waals surface area contributed by atoms with Crippen LogP contribution in [-0.4, -0.2) is 0 Å². The number of hydrogen-bond donors (Lipinski definition) is 0. The van der Waals surface area contributed by atoms with E-state index in [9.17, 15) is 0 Å². The summed E-state index contributed by atoms with van der Waals surface area (Å²) in [5.74, 6) is 0. The van der Waals surface area contributed by atoms with E-state index in [-0.39, 0.29) is 0 Å². The minimum Gasteiger partial charge on any atom is -0.311 e. The third kappa shape index (κ3) is 6.40. The van der Waals surface area contributed by atoms with E-state index < -0.39 is 0 Å². The highest BCUT2D eigenvalue weighted by Crippen LogP contribution is 2.44. The van der Waals surface area contributed by atoms with E-state index >= 15 is 0 Å². The molecule has 7 aromatic rings. The molecule has 0 amide bonds. The van der Waals surface area contributed by atoms with Crippen molar-refractivity contribution in [2.75, 3.05) is 4.90 Å². The smallest absolute Gasteiger partial charge is 0.0462 e. The SMILES string of the molecule is C=C(C=CC)C(C=Cc1ccc(-c2c3ccccc3c(-c3ccc(N(c4ccccc4)c4ccccc4)cc3)c3ccccc23)cc1)=CC. The molecule has 0 radical (unpaired) electrons. The molecule has 0 aromatic heterocycles. The molecular formula is C48H39N. The van der Waals surface area contributed by atoms with Crippen molar-refractivity contribution in [2.45, 2.75) is 13.8 Å². The molecule has 0 aliphatic heterocycles. The molecule has 0 fully saturated rings. The van der Waals surface area contributed by atoms with Gasteiger partial charge >= 0.3 is 0 Å². The lowest BCUT2D eigenvalue weighted by atomic mass is 9.86. The van der Waals surface area contributed by atoms with Crippen LogP contribution in [0.2, 0.25) is 0 Å². The Kier molecular flexibility index (Phi) is 9.17. The fourth-order valence-electron chi connectivity index (χ4n) is 6.76. The van der Waals surface area contributed by atoms with E-state index in [0.717, 1.165) is 33.8 Å². The summed E-state index contributed by atoms with van der Waals surface area (Å²) in [4.78, 5) is 2.31. The number of anilines is 3. The maximum absolute atomic E-state index is 4.20. The van der Waals surface area contributed by atoms with Crippen molar-refractivity contribution in [2.24, 2.45) is 0 Å². The average molecular weight is 630 g/mol. The summed E-state index contributed by atoms with van der Waals surface area (Å²) in [6.45, 7) is 8.27. The van der Waals surface area contributed by atoms with Gasteiger partial charge in [0.1, 0.15) is 0 Å². The first-order valence-corrected chi connectivity index (χ1v) is 16.9. The number of fused-ring (bicyclic) bond motifs is 2. The molecule has 0 N–H and O–H groups in total. The number of nitrogens with zero attached hydrogens (tertiary/aromatic N) is 1. The molecule has 1 nitrogen and oxygen atoms in total. The van der Waals surface area contributed by atoms with Crippen molar-refractivity contribution in [1.29, 1.82) is 0 Å². The Morgan fingerprint density at radius 2 is 0.878 bits per heavy atom. The highest BCUT2D eigenvalue weighted by molar-refractivity contribution is 6.21. The zero-order chi connectivity index (χ0) is 33.6. The molecule has 0 saturated heterocycles. The Morgan fingerprint density at radius 1 is 0.469 bits per heavy atom. The van der Waals surface area contributed by atoms with Gasteiger partial charge < -0.3 is 4.90 Å². The summed E-state index contributed by atoms with van der Waals surface area (Å²) in [6.07, 6.45) is 10.5. The normalized spacial score (nSPS) is 11.9. The molecule has 0 spiro atoms. The fraction of sp³-hybridized carbons (Fsp3) is 0.0417. The monoisotopic (exact) mass is 629 g/mol. The fourth-order valence-corrected chi connectivity index (χ4v) is 6.76. The number of hydrogen-bond acceptors (Lipinski definition) is 1. The lowest BCUT2D eigenvalue weighted by Crippen LogP contribution is -2.09. The number of benzene rings is 7. The van der Waals surface area contributed by atoms with Crippen LogP contribution < -0.4 is 4.90 Å². The van der Waals surface area contributed by atoms with Gasteiger partial charge in [0, 0.05) is 17.1 Å². The highest BCUT2D eigenvalue weighted by atomic mass is 15.1. The van der Waals surface area contributed by atoms with Crippen molar-refractivity contribution < 1.29 is 0 Å². The maximum atomic E-state index is 4.20. The first kappa shape index (κ1) is 31.4. The van der Waals surface area contributed by atoms with E-state index in [4.69, 9.17) is 0 Å². The van der Waals surface area contributed by atoms with Gasteiger partial charge in [0.25, 0.3) is 0 Å². The van der Waals surface area contributed by atoms with Crippen LogP contribution in [0.1, 0.15) is 19.4 Å². The molecule has 0 atom stereocenters. The minimum atomic E-state index is 1.01. The maximum Gasteiger partial charge on any atom is 0.0462 e. The molecule has 7 rings (SSSR count). The van der Waals surface area contributed by atoms with E-state index in [1.165, 1.54) is 43.8 Å². The first-order valence-electron chi connectivity index (χ1n) is 16.9. The Morgan fingerprint density at radius 3 is 1.31 bits per heavy atom. The van der Waals surface area contributed by atoms with Gasteiger partial charge in [0.2, 0.25) is 0 Å². The molecule has 0 heterocycles. The summed E-state index contributed by atoms with van der Waals surface area (Å²) in [5, 5.41) is 4.99. The standard InChI is InChI=1S/C48H39N/c1-4-16-35(3)37(5-2)28-25-36-26-29-38(30-27-36)47-43-21-12-14-23-45(43)48(46-24-15-13-22-44(46)47)39-31-33-42(34-32-39)49(40-17-8-6-9-18-40)41-19-10-7-11-20-41/h4-34H,3H2,1-2H3. The molecular weight excluding hydrogens is 591 g/mol. The highest BCUT2D eigenvalue weighted by Gasteiger charge is 2.17. The van der Waals surface area contributed by atoms with Crippen LogP contribution in [0.3, 0.4) is 0 Å². The van der Waals surface area contributed by atoms with Crippen LogP contribution in [0, 0.1) is 0 Å². The second kappa shape index (κ2) is 14.3. The van der Waals surface area contributed by atoms with E-state index in [2.05, 4.69) is 194 Å². The summed E-state index contributed by atoms with van der Waals surface area (Å²) in [7, 11) is 0. The van der Waals surface area contributed by atoms with Crippen molar-refractivity contribution in [1.82, 2.24) is 0 Å². The van der Waals surface area contributed by atoms with Gasteiger partial charge in [0.15, 0.2) is 0 Å². The number of allylic oxidation sites excluding steroid dienone is 6. The van der Waals surface area contributed by atoms with Crippen LogP contribution in [0.4, 0.5) is 17.1 Å². The van der Waals surface area contributed by atoms with Crippen molar-refractivity contribution in [3.63, 3.8) is 0 Å². The number of para-hydroxylation sites is 2. The molecule has 0 saturated carbocycles. The lowest BCUT2D eigenvalue weighted by molar-refractivity contribution is 1.28. The Labute approximate surface area is 290 Å². The molecule has 0 aliphatic carbocycles. The van der Waals surface area contributed by atoms with Crippen LogP contribution in [0.25, 0.3) is 49.9 Å². The van der Waals surface area contributed by atoms with Crippen molar-refractivity contribution in [3.05, 3.63) is 205 Å². The van der Waals surface area contributed by atoms with Crippen LogP contribution in [-0.2, 0) is 0 Å². The molecule has 7 aromatic carbocycles. The predicted octanol–water partition coefficient (Wildman–Crippen LogP) is 13.9. The molecule has 0 bridgehead atoms. The second-order valence-corrected chi connectivity index (χ2v) is 12.1. The summed E-state index contributed by atoms with van der Waals surface area (Å²) in [5.41, 5.74) is 11.6. The quantitative estimate of drug-likeness (QED) is 0.113. The molecule has 49 heavy (non-hydrogen) atoms. The lowest BCUT2D eigenvalue weighted by Gasteiger charge is -2.25. The Balaban J connectivity index is 1.31. The van der Waals surface area contributed by atoms with Gasteiger partial charge in [0.05, 0.1) is 0 Å². The van der Waals surface area contributed by atoms with E-state index in [1.54, 1.807) is 0 Å². The molecule has 0 unspecified atom stereocenters. The Hall–Kier alpha value is -6.18. The van der Waals surface area contributed by atoms with Crippen LogP contribution >= 0.6 is 0 Å². The van der Waals surface area contributed by atoms with Gasteiger partial charge in [-0.25, -0.2) is 0 Å². The summed E-state index contributed by atoms with van der Waals surface area (Å²) < 4.78 is 0. The topological polar surface area (TPSA) is 3.24 Å². The van der Waals surface area contributed by atoms with E-state index in [0.29, 0.717) is 0 Å². The third-order valence-corrected chi connectivity index (χ3v) is 9.08. The molecule has 0 aliphatic rings. The van der Waals surface area contributed by atoms with Gasteiger partial charge in [-0.2, -0.15) is 0 Å². The zero-order valence-electron chi connectivity index (χ0n) is 28.1. The third-order valence-electron chi connectivity index (χ3n) is 9.08. The van der Waals surface area contributed by atoms with Crippen LogP contribution in [0.15, 0.2) is 200 Å². The van der Waals surface area contributed by atoms with Gasteiger partial charge in [-0.3, -0.25) is 0 Å². The predicted molar refractivity (Wildman–Crippen MR) is 214 cm³/mol. The number of rotatable bonds is 9. The largest absolute Gasteiger partial charge is 0.311 e. The first-order chi connectivity index (χ1) is 24.2. The molecule has 1 heteroatoms. The van der Waals surface area contributed by atoms with Gasteiger partial charge in [-0.05, 0) is 111 Å². The molecule has 236 valence electrons. The summed E-state index contributed by atoms with van der Waals surface area (Å²) in [6, 6.07) is 56.7. The summed E-state index contributed by atoms with van der Waals surface area (Å²) >= 11 is 0. The minimum absolute atomic E-state index is 1.01. The van der Waals surface area contributed by atoms with Crippen LogP contribution in [0.5, 0.6) is 0 Å². The van der Waals surface area contributed by atoms with Crippen molar-refractivity contribution >= 4 is 44.7 Å². The average Bonchev–Trinajstić information content (AvgIpc) is 3.16.